The Balaban J connectivity index is 1.80. The molecule has 2 N–H and O–H groups in total. The number of nitrogens with one attached hydrogen (secondary N) is 1. The van der Waals surface area contributed by atoms with E-state index >= 15 is 0 Å². The fourth-order valence-electron chi connectivity index (χ4n) is 4.26. The number of phenols is 1. The number of phenolic OH excluding ortho intramolecular Hbond substituents is 1. The van der Waals surface area contributed by atoms with E-state index in [2.05, 4.69) is 24.1 Å². The molecule has 0 radical (unpaired) electrons. The number of aromatic hydroxyl groups is 1. The van der Waals surface area contributed by atoms with E-state index in [9.17, 15) is 14.7 Å². The zero-order valence-electron chi connectivity index (χ0n) is 19.5. The fourth-order valence-corrected chi connectivity index (χ4v) is 4.26. The Morgan fingerprint density at radius 2 is 1.87 bits per heavy atom. The molecule has 31 heavy (non-hydrogen) atoms. The average Bonchev–Trinajstić information content (AvgIpc) is 3.18. The van der Waals surface area contributed by atoms with Gasteiger partial charge in [0.15, 0.2) is 0 Å². The summed E-state index contributed by atoms with van der Waals surface area (Å²) in [5.74, 6) is 0.283. The van der Waals surface area contributed by atoms with Crippen LogP contribution in [-0.2, 0) is 22.5 Å². The van der Waals surface area contributed by atoms with Crippen molar-refractivity contribution < 1.29 is 19.4 Å². The Kier molecular flexibility index (Phi) is 7.14. The molecular formula is C24H37N3O4. The fraction of sp³-hybridized carbons (Fsp3) is 0.667. The molecule has 0 unspecified atom stereocenters. The van der Waals surface area contributed by atoms with Crippen LogP contribution in [0.4, 0.5) is 4.79 Å². The van der Waals surface area contributed by atoms with Crippen molar-refractivity contribution in [1.82, 2.24) is 15.1 Å². The summed E-state index contributed by atoms with van der Waals surface area (Å²) < 4.78 is 5.60. The van der Waals surface area contributed by atoms with Crippen molar-refractivity contribution >= 4 is 12.0 Å². The molecule has 2 amide bonds. The number of likely N-dealkylation sites (tertiary alicyclic amines) is 1. The predicted octanol–water partition coefficient (Wildman–Crippen LogP) is 3.29. The van der Waals surface area contributed by atoms with Gasteiger partial charge >= 0.3 is 6.09 Å². The van der Waals surface area contributed by atoms with Crippen molar-refractivity contribution in [2.75, 3.05) is 19.6 Å². The summed E-state index contributed by atoms with van der Waals surface area (Å²) in [4.78, 5) is 30.3. The maximum Gasteiger partial charge on any atom is 0.411 e. The SMILES string of the molecule is CC(C)[C@@H](CN1CCCC1)NC(=O)[C@H]1Cc2ccc(O)cc2CN1C(=O)OC(C)(C)C. The molecule has 7 nitrogen and oxygen atoms in total. The van der Waals surface area contributed by atoms with E-state index in [1.165, 1.54) is 17.7 Å². The van der Waals surface area contributed by atoms with Gasteiger partial charge in [-0.3, -0.25) is 9.69 Å². The molecule has 2 aliphatic rings. The van der Waals surface area contributed by atoms with Crippen molar-refractivity contribution in [3.05, 3.63) is 29.3 Å². The molecule has 1 aromatic rings. The first-order valence-corrected chi connectivity index (χ1v) is 11.4. The Morgan fingerprint density at radius 1 is 1.19 bits per heavy atom. The number of nitrogens with zero attached hydrogens (tertiary/aromatic N) is 2. The second-order valence-electron chi connectivity index (χ2n) is 10.1. The molecule has 7 heteroatoms. The van der Waals surface area contributed by atoms with Gasteiger partial charge in [0, 0.05) is 19.0 Å². The first-order chi connectivity index (χ1) is 14.5. The molecule has 0 aromatic heterocycles. The molecule has 0 saturated carbocycles. The Morgan fingerprint density at radius 3 is 2.48 bits per heavy atom. The molecule has 1 aromatic carbocycles. The van der Waals surface area contributed by atoms with Gasteiger partial charge in [0.2, 0.25) is 5.91 Å². The Hall–Kier alpha value is -2.28. The Labute approximate surface area is 185 Å². The van der Waals surface area contributed by atoms with Crippen molar-refractivity contribution in [3.8, 4) is 5.75 Å². The monoisotopic (exact) mass is 431 g/mol. The normalized spacial score (nSPS) is 20.5. The minimum absolute atomic E-state index is 0.0206. The largest absolute Gasteiger partial charge is 0.508 e. The first kappa shape index (κ1) is 23.4. The van der Waals surface area contributed by atoms with Crippen LogP contribution in [0.25, 0.3) is 0 Å². The minimum atomic E-state index is -0.659. The van der Waals surface area contributed by atoms with E-state index in [0.717, 1.165) is 30.8 Å². The molecule has 0 aliphatic carbocycles. The average molecular weight is 432 g/mol. The number of hydrogen-bond acceptors (Lipinski definition) is 5. The maximum absolute atomic E-state index is 13.4. The number of fused-ring (bicyclic) bond motifs is 1. The highest BCUT2D eigenvalue weighted by atomic mass is 16.6. The zero-order chi connectivity index (χ0) is 22.8. The van der Waals surface area contributed by atoms with E-state index < -0.39 is 17.7 Å². The van der Waals surface area contributed by atoms with Gasteiger partial charge in [-0.15, -0.1) is 0 Å². The third-order valence-corrected chi connectivity index (χ3v) is 6.04. The molecule has 1 fully saturated rings. The molecule has 2 atom stereocenters. The zero-order valence-corrected chi connectivity index (χ0v) is 19.5. The van der Waals surface area contributed by atoms with Crippen molar-refractivity contribution in [3.63, 3.8) is 0 Å². The molecule has 2 heterocycles. The van der Waals surface area contributed by atoms with Crippen LogP contribution in [-0.4, -0.2) is 64.2 Å². The number of amides is 2. The second kappa shape index (κ2) is 9.47. The number of rotatable bonds is 5. The van der Waals surface area contributed by atoms with E-state index in [4.69, 9.17) is 4.74 Å². The number of carbonyl (C=O) groups is 2. The lowest BCUT2D eigenvalue weighted by Crippen LogP contribution is -2.57. The lowest BCUT2D eigenvalue weighted by atomic mass is 9.93. The van der Waals surface area contributed by atoms with Gasteiger partial charge in [0.05, 0.1) is 6.54 Å². The first-order valence-electron chi connectivity index (χ1n) is 11.4. The highest BCUT2D eigenvalue weighted by Crippen LogP contribution is 2.28. The summed E-state index contributed by atoms with van der Waals surface area (Å²) in [6.07, 6.45) is 2.30. The number of carbonyl (C=O) groups excluding carboxylic acids is 2. The standard InChI is InChI=1S/C24H37N3O4/c1-16(2)20(15-26-10-6-7-11-26)25-22(29)21-13-17-8-9-19(28)12-18(17)14-27(21)23(30)31-24(3,4)5/h8-9,12,16,20-21,28H,6-7,10-11,13-15H2,1-5H3,(H,25,29)/t20-,21-/m1/s1. The predicted molar refractivity (Wildman–Crippen MR) is 120 cm³/mol. The molecule has 172 valence electrons. The molecule has 1 saturated heterocycles. The molecule has 0 bridgehead atoms. The van der Waals surface area contributed by atoms with Gasteiger partial charge in [-0.05, 0) is 75.9 Å². The molecule has 2 aliphatic heterocycles. The van der Waals surface area contributed by atoms with Crippen molar-refractivity contribution in [2.45, 2.75) is 78.1 Å². The lowest BCUT2D eigenvalue weighted by molar-refractivity contribution is -0.128. The summed E-state index contributed by atoms with van der Waals surface area (Å²) in [7, 11) is 0. The third kappa shape index (κ3) is 6.12. The van der Waals surface area contributed by atoms with Gasteiger partial charge in [-0.2, -0.15) is 0 Å². The van der Waals surface area contributed by atoms with Crippen LogP contribution in [0, 0.1) is 5.92 Å². The van der Waals surface area contributed by atoms with Crippen molar-refractivity contribution in [1.29, 1.82) is 0 Å². The second-order valence-corrected chi connectivity index (χ2v) is 10.1. The summed E-state index contributed by atoms with van der Waals surface area (Å²) in [6.45, 7) is 12.9. The smallest absolute Gasteiger partial charge is 0.411 e. The van der Waals surface area contributed by atoms with Gasteiger partial charge < -0.3 is 20.1 Å². The van der Waals surface area contributed by atoms with Crippen molar-refractivity contribution in [2.24, 2.45) is 5.92 Å². The van der Waals surface area contributed by atoms with Gasteiger partial charge in [0.25, 0.3) is 0 Å². The number of benzene rings is 1. The minimum Gasteiger partial charge on any atom is -0.508 e. The highest BCUT2D eigenvalue weighted by Gasteiger charge is 2.38. The topological polar surface area (TPSA) is 82.1 Å². The van der Waals surface area contributed by atoms with Crippen LogP contribution in [0.5, 0.6) is 5.75 Å². The van der Waals surface area contributed by atoms with Crippen LogP contribution in [0.2, 0.25) is 0 Å². The van der Waals surface area contributed by atoms with Gasteiger partial charge in [0.1, 0.15) is 17.4 Å². The summed E-state index contributed by atoms with van der Waals surface area (Å²) in [5.41, 5.74) is 1.15. The van der Waals surface area contributed by atoms with Gasteiger partial charge in [-0.1, -0.05) is 19.9 Å². The quantitative estimate of drug-likeness (QED) is 0.748. The summed E-state index contributed by atoms with van der Waals surface area (Å²) in [6, 6.07) is 4.49. The molecule has 3 rings (SSSR count). The van der Waals surface area contributed by atoms with Crippen LogP contribution < -0.4 is 5.32 Å². The summed E-state index contributed by atoms with van der Waals surface area (Å²) >= 11 is 0. The van der Waals surface area contributed by atoms with E-state index in [1.807, 2.05) is 26.8 Å². The molecule has 0 spiro atoms. The van der Waals surface area contributed by atoms with E-state index in [1.54, 1.807) is 12.1 Å². The third-order valence-electron chi connectivity index (χ3n) is 6.04. The maximum atomic E-state index is 13.4. The molecular weight excluding hydrogens is 394 g/mol. The van der Waals surface area contributed by atoms with Gasteiger partial charge in [-0.25, -0.2) is 4.79 Å². The summed E-state index contributed by atoms with van der Waals surface area (Å²) in [5, 5.41) is 13.1. The van der Waals surface area contributed by atoms with Crippen LogP contribution in [0.15, 0.2) is 18.2 Å². The highest BCUT2D eigenvalue weighted by molar-refractivity contribution is 5.87. The Bertz CT molecular complexity index is 797. The van der Waals surface area contributed by atoms with E-state index in [0.29, 0.717) is 6.42 Å². The lowest BCUT2D eigenvalue weighted by Gasteiger charge is -2.38. The van der Waals surface area contributed by atoms with Crippen LogP contribution in [0.1, 0.15) is 58.6 Å². The van der Waals surface area contributed by atoms with Crippen LogP contribution >= 0.6 is 0 Å². The van der Waals surface area contributed by atoms with E-state index in [-0.39, 0.29) is 30.2 Å². The number of ether oxygens (including phenoxy) is 1. The van der Waals surface area contributed by atoms with Crippen LogP contribution in [0.3, 0.4) is 0 Å². The number of hydrogen-bond donors (Lipinski definition) is 2.